The summed E-state index contributed by atoms with van der Waals surface area (Å²) in [5, 5.41) is 3.12. The number of benzene rings is 1. The number of rotatable bonds is 6. The van der Waals surface area contributed by atoms with E-state index in [9.17, 15) is 4.79 Å². The first kappa shape index (κ1) is 14.6. The molecule has 1 N–H and O–H groups in total. The Kier molecular flexibility index (Phi) is 4.59. The number of nitrogens with zero attached hydrogens (tertiary/aromatic N) is 1. The lowest BCUT2D eigenvalue weighted by atomic mass is 10.1. The number of amides is 1. The van der Waals surface area contributed by atoms with Crippen molar-refractivity contribution in [2.24, 2.45) is 11.8 Å². The lowest BCUT2D eigenvalue weighted by molar-refractivity contribution is -0.121. The van der Waals surface area contributed by atoms with E-state index in [2.05, 4.69) is 41.4 Å². The summed E-state index contributed by atoms with van der Waals surface area (Å²) in [6.45, 7) is 6.28. The van der Waals surface area contributed by atoms with Gasteiger partial charge in [0.25, 0.3) is 0 Å². The van der Waals surface area contributed by atoms with Crippen molar-refractivity contribution in [1.29, 1.82) is 0 Å². The van der Waals surface area contributed by atoms with Crippen LogP contribution in [0.15, 0.2) is 24.3 Å². The van der Waals surface area contributed by atoms with Crippen molar-refractivity contribution >= 4 is 5.91 Å². The molecule has 0 aromatic heterocycles. The van der Waals surface area contributed by atoms with Crippen molar-refractivity contribution in [1.82, 2.24) is 10.2 Å². The van der Waals surface area contributed by atoms with Crippen molar-refractivity contribution < 1.29 is 4.79 Å². The van der Waals surface area contributed by atoms with Crippen LogP contribution < -0.4 is 5.32 Å². The molecule has 0 bridgehead atoms. The van der Waals surface area contributed by atoms with Crippen LogP contribution >= 0.6 is 0 Å². The van der Waals surface area contributed by atoms with Gasteiger partial charge in [0.05, 0.1) is 0 Å². The highest BCUT2D eigenvalue weighted by atomic mass is 16.1. The monoisotopic (exact) mass is 286 g/mol. The first-order valence-corrected chi connectivity index (χ1v) is 8.23. The molecular weight excluding hydrogens is 260 g/mol. The number of carbonyl (C=O) groups excluding carboxylic acids is 1. The summed E-state index contributed by atoms with van der Waals surface area (Å²) >= 11 is 0. The highest BCUT2D eigenvalue weighted by Gasteiger charge is 2.26. The Morgan fingerprint density at radius 3 is 2.67 bits per heavy atom. The average Bonchev–Trinajstić information content (AvgIpc) is 3.17. The van der Waals surface area contributed by atoms with Gasteiger partial charge in [0, 0.05) is 26.1 Å². The van der Waals surface area contributed by atoms with Crippen molar-refractivity contribution in [3.05, 3.63) is 35.4 Å². The van der Waals surface area contributed by atoms with Crippen LogP contribution in [0.2, 0.25) is 0 Å². The number of hydrogen-bond donors (Lipinski definition) is 1. The summed E-state index contributed by atoms with van der Waals surface area (Å²) in [6, 6.07) is 8.81. The number of nitrogens with one attached hydrogen (secondary N) is 1. The summed E-state index contributed by atoms with van der Waals surface area (Å²) in [5.41, 5.74) is 2.70. The fraction of sp³-hybridized carbons (Fsp3) is 0.611. The lowest BCUT2D eigenvalue weighted by Crippen LogP contribution is -2.31. The molecular formula is C18H26N2O. The highest BCUT2D eigenvalue weighted by Crippen LogP contribution is 2.32. The third-order valence-corrected chi connectivity index (χ3v) is 4.66. The number of aryl methyl sites for hydroxylation is 1. The molecule has 1 aromatic carbocycles. The molecule has 3 heteroatoms. The Labute approximate surface area is 127 Å². The maximum Gasteiger partial charge on any atom is 0.220 e. The quantitative estimate of drug-likeness (QED) is 0.872. The Morgan fingerprint density at radius 2 is 1.95 bits per heavy atom. The van der Waals surface area contributed by atoms with Crippen LogP contribution in [-0.2, 0) is 11.3 Å². The summed E-state index contributed by atoms with van der Waals surface area (Å²) < 4.78 is 0. The topological polar surface area (TPSA) is 32.3 Å². The molecule has 1 aliphatic heterocycles. The van der Waals surface area contributed by atoms with E-state index in [1.54, 1.807) is 0 Å². The maximum absolute atomic E-state index is 11.7. The van der Waals surface area contributed by atoms with Crippen LogP contribution in [-0.4, -0.2) is 30.4 Å². The van der Waals surface area contributed by atoms with E-state index in [0.29, 0.717) is 11.8 Å². The summed E-state index contributed by atoms with van der Waals surface area (Å²) in [6.07, 6.45) is 4.46. The largest absolute Gasteiger partial charge is 0.356 e. The van der Waals surface area contributed by atoms with Gasteiger partial charge in [-0.2, -0.15) is 0 Å². The molecule has 1 aliphatic carbocycles. The zero-order chi connectivity index (χ0) is 14.7. The molecule has 1 heterocycles. The lowest BCUT2D eigenvalue weighted by Gasteiger charge is -2.16. The Bertz CT molecular complexity index is 478. The zero-order valence-electron chi connectivity index (χ0n) is 13.0. The van der Waals surface area contributed by atoms with Crippen molar-refractivity contribution in [3.8, 4) is 0 Å². The molecule has 2 fully saturated rings. The smallest absolute Gasteiger partial charge is 0.220 e. The van der Waals surface area contributed by atoms with Crippen LogP contribution in [0.4, 0.5) is 0 Å². The predicted molar refractivity (Wildman–Crippen MR) is 84.9 cm³/mol. The Balaban J connectivity index is 1.38. The van der Waals surface area contributed by atoms with Gasteiger partial charge in [0.1, 0.15) is 0 Å². The maximum atomic E-state index is 11.7. The first-order chi connectivity index (χ1) is 10.2. The van der Waals surface area contributed by atoms with Gasteiger partial charge in [-0.15, -0.1) is 0 Å². The third kappa shape index (κ3) is 4.57. The van der Waals surface area contributed by atoms with E-state index in [1.807, 2.05) is 0 Å². The fourth-order valence-electron chi connectivity index (χ4n) is 3.09. The summed E-state index contributed by atoms with van der Waals surface area (Å²) in [5.74, 6) is 1.57. The zero-order valence-corrected chi connectivity index (χ0v) is 13.0. The molecule has 2 aliphatic rings. The van der Waals surface area contributed by atoms with Crippen LogP contribution in [0.25, 0.3) is 0 Å². The van der Waals surface area contributed by atoms with Gasteiger partial charge >= 0.3 is 0 Å². The predicted octanol–water partition coefficient (Wildman–Crippen LogP) is 2.73. The van der Waals surface area contributed by atoms with Crippen molar-refractivity contribution in [2.75, 3.05) is 19.6 Å². The third-order valence-electron chi connectivity index (χ3n) is 4.66. The molecule has 1 saturated carbocycles. The normalized spacial score (nSPS) is 22.4. The van der Waals surface area contributed by atoms with E-state index in [1.165, 1.54) is 30.4 Å². The van der Waals surface area contributed by atoms with Gasteiger partial charge < -0.3 is 5.32 Å². The van der Waals surface area contributed by atoms with E-state index in [4.69, 9.17) is 0 Å². The van der Waals surface area contributed by atoms with E-state index in [-0.39, 0.29) is 5.91 Å². The average molecular weight is 286 g/mol. The summed E-state index contributed by atoms with van der Waals surface area (Å²) in [7, 11) is 0. The van der Waals surface area contributed by atoms with E-state index >= 15 is 0 Å². The summed E-state index contributed by atoms with van der Waals surface area (Å²) in [4.78, 5) is 14.2. The fourth-order valence-corrected chi connectivity index (χ4v) is 3.09. The molecule has 1 unspecified atom stereocenters. The molecule has 3 rings (SSSR count). The Hall–Kier alpha value is -1.35. The van der Waals surface area contributed by atoms with Gasteiger partial charge in [-0.1, -0.05) is 29.8 Å². The molecule has 0 spiro atoms. The Morgan fingerprint density at radius 1 is 1.19 bits per heavy atom. The van der Waals surface area contributed by atoms with Crippen LogP contribution in [0.3, 0.4) is 0 Å². The van der Waals surface area contributed by atoms with Crippen LogP contribution in [0.1, 0.15) is 36.8 Å². The molecule has 1 aromatic rings. The minimum atomic E-state index is 0.259. The molecule has 21 heavy (non-hydrogen) atoms. The number of carbonyl (C=O) groups is 1. The van der Waals surface area contributed by atoms with Crippen molar-refractivity contribution in [2.45, 2.75) is 39.2 Å². The highest BCUT2D eigenvalue weighted by molar-refractivity contribution is 5.76. The van der Waals surface area contributed by atoms with Gasteiger partial charge in [0.15, 0.2) is 0 Å². The minimum absolute atomic E-state index is 0.259. The van der Waals surface area contributed by atoms with Crippen LogP contribution in [0.5, 0.6) is 0 Å². The van der Waals surface area contributed by atoms with Crippen LogP contribution in [0, 0.1) is 18.8 Å². The standard InChI is InChI=1S/C18H26N2O/c1-14-2-4-16(5-3-14)12-20-9-8-17(13-20)11-19-18(21)10-15-6-7-15/h2-5,15,17H,6-13H2,1H3,(H,19,21). The van der Waals surface area contributed by atoms with Gasteiger partial charge in [-0.3, -0.25) is 9.69 Å². The molecule has 114 valence electrons. The molecule has 0 radical (unpaired) electrons. The van der Waals surface area contributed by atoms with E-state index < -0.39 is 0 Å². The number of likely N-dealkylation sites (tertiary alicyclic amines) is 1. The second-order valence-corrected chi connectivity index (χ2v) is 6.83. The molecule has 1 amide bonds. The molecule has 1 atom stereocenters. The molecule has 1 saturated heterocycles. The molecule has 3 nitrogen and oxygen atoms in total. The second-order valence-electron chi connectivity index (χ2n) is 6.83. The van der Waals surface area contributed by atoms with E-state index in [0.717, 1.165) is 32.6 Å². The van der Waals surface area contributed by atoms with Gasteiger partial charge in [0.2, 0.25) is 5.91 Å². The minimum Gasteiger partial charge on any atom is -0.356 e. The van der Waals surface area contributed by atoms with Gasteiger partial charge in [-0.25, -0.2) is 0 Å². The second kappa shape index (κ2) is 6.61. The van der Waals surface area contributed by atoms with Crippen molar-refractivity contribution in [3.63, 3.8) is 0 Å². The first-order valence-electron chi connectivity index (χ1n) is 8.23. The van der Waals surface area contributed by atoms with Gasteiger partial charge in [-0.05, 0) is 50.1 Å². The SMILES string of the molecule is Cc1ccc(CN2CCC(CNC(=O)CC3CC3)C2)cc1. The number of hydrogen-bond acceptors (Lipinski definition) is 2.